The summed E-state index contributed by atoms with van der Waals surface area (Å²) in [5.74, 6) is -0.0721. The molecule has 1 aromatic rings. The molecule has 1 aliphatic rings. The van der Waals surface area contributed by atoms with Crippen molar-refractivity contribution >= 4 is 23.0 Å². The van der Waals surface area contributed by atoms with Gasteiger partial charge < -0.3 is 5.32 Å². The Morgan fingerprint density at radius 1 is 1.42 bits per heavy atom. The zero-order chi connectivity index (χ0) is 13.8. The summed E-state index contributed by atoms with van der Waals surface area (Å²) >= 11 is 5.66. The number of hydrogen-bond acceptors (Lipinski definition) is 3. The fourth-order valence-corrected chi connectivity index (χ4v) is 2.70. The maximum absolute atomic E-state index is 13.2. The van der Waals surface area contributed by atoms with Gasteiger partial charge in [-0.05, 0) is 18.4 Å². The van der Waals surface area contributed by atoms with Crippen LogP contribution in [0.1, 0.15) is 32.1 Å². The van der Waals surface area contributed by atoms with Crippen LogP contribution in [0.5, 0.6) is 0 Å². The van der Waals surface area contributed by atoms with Gasteiger partial charge >= 0.3 is 0 Å². The van der Waals surface area contributed by atoms with Crippen LogP contribution in [0.25, 0.3) is 0 Å². The molecule has 19 heavy (non-hydrogen) atoms. The fourth-order valence-electron chi connectivity index (χ4n) is 2.54. The predicted molar refractivity (Wildman–Crippen MR) is 73.1 cm³/mol. The average molecular weight is 287 g/mol. The first-order valence-corrected chi connectivity index (χ1v) is 6.83. The molecule has 0 atom stereocenters. The van der Waals surface area contributed by atoms with Crippen LogP contribution in [-0.4, -0.2) is 11.5 Å². The quantitative estimate of drug-likeness (QED) is 0.645. The molecule has 1 N–H and O–H groups in total. The summed E-state index contributed by atoms with van der Waals surface area (Å²) in [6, 6.07) is 2.14. The molecule has 0 bridgehead atoms. The topological polar surface area (TPSA) is 55.2 Å². The molecule has 4 nitrogen and oxygen atoms in total. The summed E-state index contributed by atoms with van der Waals surface area (Å²) in [4.78, 5) is 10.3. The van der Waals surface area contributed by atoms with E-state index < -0.39 is 10.7 Å². The van der Waals surface area contributed by atoms with Crippen LogP contribution < -0.4 is 5.32 Å². The van der Waals surface area contributed by atoms with Gasteiger partial charge in [-0.2, -0.15) is 0 Å². The van der Waals surface area contributed by atoms with Crippen molar-refractivity contribution in [1.29, 1.82) is 0 Å². The second-order valence-corrected chi connectivity index (χ2v) is 5.31. The van der Waals surface area contributed by atoms with E-state index in [4.69, 9.17) is 11.6 Å². The number of nitro benzene ring substituents is 1. The van der Waals surface area contributed by atoms with Crippen LogP contribution in [0.2, 0.25) is 5.02 Å². The Morgan fingerprint density at radius 2 is 2.11 bits per heavy atom. The zero-order valence-corrected chi connectivity index (χ0v) is 11.3. The Balaban J connectivity index is 2.01. The molecular formula is C13H16ClFN2O2. The van der Waals surface area contributed by atoms with Crippen LogP contribution in [-0.2, 0) is 0 Å². The van der Waals surface area contributed by atoms with Gasteiger partial charge in [-0.25, -0.2) is 4.39 Å². The first-order chi connectivity index (χ1) is 9.08. The number of rotatable bonds is 5. The summed E-state index contributed by atoms with van der Waals surface area (Å²) < 4.78 is 13.2. The van der Waals surface area contributed by atoms with Crippen LogP contribution in [0.4, 0.5) is 15.8 Å². The monoisotopic (exact) mass is 286 g/mol. The number of benzene rings is 1. The molecule has 0 aliphatic heterocycles. The van der Waals surface area contributed by atoms with Gasteiger partial charge in [-0.1, -0.05) is 37.3 Å². The lowest BCUT2D eigenvalue weighted by atomic mass is 10.0. The standard InChI is InChI=1S/C13H16ClFN2O2/c14-10-7-12(13(17(18)19)8-11(10)15)16-6-5-9-3-1-2-4-9/h7-9,16H,1-6H2. The van der Waals surface area contributed by atoms with E-state index in [0.29, 0.717) is 12.5 Å². The Labute approximate surface area is 116 Å². The van der Waals surface area contributed by atoms with E-state index in [1.807, 2.05) is 0 Å². The van der Waals surface area contributed by atoms with Crippen molar-refractivity contribution in [3.63, 3.8) is 0 Å². The third-order valence-corrected chi connectivity index (χ3v) is 3.87. The van der Waals surface area contributed by atoms with Gasteiger partial charge in [0.05, 0.1) is 16.0 Å². The van der Waals surface area contributed by atoms with Gasteiger partial charge in [0.15, 0.2) is 0 Å². The summed E-state index contributed by atoms with van der Waals surface area (Å²) in [7, 11) is 0. The third-order valence-electron chi connectivity index (χ3n) is 3.58. The van der Waals surface area contributed by atoms with E-state index in [9.17, 15) is 14.5 Å². The molecule has 104 valence electrons. The van der Waals surface area contributed by atoms with Crippen molar-refractivity contribution in [3.05, 3.63) is 33.1 Å². The summed E-state index contributed by atoms with van der Waals surface area (Å²) in [5, 5.41) is 13.8. The van der Waals surface area contributed by atoms with E-state index in [1.54, 1.807) is 0 Å². The van der Waals surface area contributed by atoms with E-state index in [-0.39, 0.29) is 16.4 Å². The molecule has 1 aromatic carbocycles. The number of nitro groups is 1. The summed E-state index contributed by atoms with van der Waals surface area (Å²) in [6.07, 6.45) is 5.98. The van der Waals surface area contributed by atoms with Gasteiger partial charge in [-0.15, -0.1) is 0 Å². The van der Waals surface area contributed by atoms with Crippen LogP contribution in [0.15, 0.2) is 12.1 Å². The minimum atomic E-state index is -0.769. The molecule has 0 aromatic heterocycles. The number of nitrogens with one attached hydrogen (secondary N) is 1. The Morgan fingerprint density at radius 3 is 2.74 bits per heavy atom. The number of hydrogen-bond donors (Lipinski definition) is 1. The number of anilines is 1. The van der Waals surface area contributed by atoms with E-state index in [0.717, 1.165) is 12.5 Å². The molecule has 0 spiro atoms. The minimum Gasteiger partial charge on any atom is -0.379 e. The molecule has 0 heterocycles. The molecule has 1 fully saturated rings. The molecule has 2 rings (SSSR count). The molecule has 0 amide bonds. The molecule has 0 unspecified atom stereocenters. The lowest BCUT2D eigenvalue weighted by Gasteiger charge is -2.11. The maximum Gasteiger partial charge on any atom is 0.295 e. The first-order valence-electron chi connectivity index (χ1n) is 6.45. The first kappa shape index (κ1) is 14.1. The smallest absolute Gasteiger partial charge is 0.295 e. The molecular weight excluding hydrogens is 271 g/mol. The van der Waals surface area contributed by atoms with Crippen LogP contribution >= 0.6 is 11.6 Å². The van der Waals surface area contributed by atoms with Crippen molar-refractivity contribution in [3.8, 4) is 0 Å². The molecule has 0 radical (unpaired) electrons. The highest BCUT2D eigenvalue weighted by atomic mass is 35.5. The molecule has 6 heteroatoms. The summed E-state index contributed by atoms with van der Waals surface area (Å²) in [6.45, 7) is 0.646. The van der Waals surface area contributed by atoms with Gasteiger partial charge in [0, 0.05) is 6.54 Å². The lowest BCUT2D eigenvalue weighted by molar-refractivity contribution is -0.384. The van der Waals surface area contributed by atoms with Gasteiger partial charge in [0.2, 0.25) is 0 Å². The summed E-state index contributed by atoms with van der Waals surface area (Å²) in [5.41, 5.74) is 0.0164. The molecule has 0 saturated heterocycles. The van der Waals surface area contributed by atoms with E-state index in [1.165, 1.54) is 31.7 Å². The normalized spacial score (nSPS) is 15.7. The predicted octanol–water partition coefficient (Wildman–Crippen LogP) is 4.38. The highest BCUT2D eigenvalue weighted by Crippen LogP contribution is 2.31. The van der Waals surface area contributed by atoms with Gasteiger partial charge in [-0.3, -0.25) is 10.1 Å². The average Bonchev–Trinajstić information content (AvgIpc) is 2.86. The Kier molecular flexibility index (Phi) is 4.58. The van der Waals surface area contributed by atoms with Crippen molar-refractivity contribution in [1.82, 2.24) is 0 Å². The fraction of sp³-hybridized carbons (Fsp3) is 0.538. The van der Waals surface area contributed by atoms with E-state index >= 15 is 0 Å². The SMILES string of the molecule is O=[N+]([O-])c1cc(F)c(Cl)cc1NCCC1CCCC1. The van der Waals surface area contributed by atoms with Crippen LogP contribution in [0, 0.1) is 21.8 Å². The second-order valence-electron chi connectivity index (χ2n) is 4.91. The molecule has 1 saturated carbocycles. The third kappa shape index (κ3) is 3.56. The van der Waals surface area contributed by atoms with Gasteiger partial charge in [0.1, 0.15) is 11.5 Å². The Bertz CT molecular complexity index is 476. The van der Waals surface area contributed by atoms with Crippen molar-refractivity contribution in [2.45, 2.75) is 32.1 Å². The largest absolute Gasteiger partial charge is 0.379 e. The highest BCUT2D eigenvalue weighted by Gasteiger charge is 2.19. The zero-order valence-electron chi connectivity index (χ0n) is 10.5. The number of nitrogens with zero attached hydrogens (tertiary/aromatic N) is 1. The van der Waals surface area contributed by atoms with Crippen LogP contribution in [0.3, 0.4) is 0 Å². The van der Waals surface area contributed by atoms with Crippen molar-refractivity contribution < 1.29 is 9.31 Å². The second kappa shape index (κ2) is 6.19. The van der Waals surface area contributed by atoms with Gasteiger partial charge in [0.25, 0.3) is 5.69 Å². The Hall–Kier alpha value is -1.36. The number of halogens is 2. The van der Waals surface area contributed by atoms with E-state index in [2.05, 4.69) is 5.32 Å². The van der Waals surface area contributed by atoms with Crippen molar-refractivity contribution in [2.75, 3.05) is 11.9 Å². The van der Waals surface area contributed by atoms with Crippen molar-refractivity contribution in [2.24, 2.45) is 5.92 Å². The lowest BCUT2D eigenvalue weighted by Crippen LogP contribution is -2.08. The highest BCUT2D eigenvalue weighted by molar-refractivity contribution is 6.31. The maximum atomic E-state index is 13.2. The minimum absolute atomic E-state index is 0.103. The molecule has 1 aliphatic carbocycles.